The number of carbonyl (C=O) groups excluding carboxylic acids is 1. The average Bonchev–Trinajstić information content (AvgIpc) is 2.96. The summed E-state index contributed by atoms with van der Waals surface area (Å²) in [6.45, 7) is 10.7. The summed E-state index contributed by atoms with van der Waals surface area (Å²) in [5.74, 6) is 0.295. The van der Waals surface area contributed by atoms with Gasteiger partial charge in [-0.3, -0.25) is 9.69 Å². The van der Waals surface area contributed by atoms with Crippen LogP contribution in [-0.4, -0.2) is 73.4 Å². The van der Waals surface area contributed by atoms with Crippen LogP contribution in [0.15, 0.2) is 77.3 Å². The van der Waals surface area contributed by atoms with Crippen LogP contribution >= 0.6 is 11.8 Å². The molecule has 2 N–H and O–H groups in total. The monoisotopic (exact) mass is 532 g/mol. The lowest BCUT2D eigenvalue weighted by Crippen LogP contribution is -2.36. The molecule has 2 aromatic carbocycles. The molecule has 0 spiro atoms. The molecule has 198 valence electrons. The van der Waals surface area contributed by atoms with Crippen molar-refractivity contribution in [3.8, 4) is 0 Å². The zero-order valence-electron chi connectivity index (χ0n) is 21.3. The third-order valence-electron chi connectivity index (χ3n) is 6.41. The highest BCUT2D eigenvalue weighted by Gasteiger charge is 2.18. The van der Waals surface area contributed by atoms with Crippen molar-refractivity contribution in [2.24, 2.45) is 0 Å². The maximum atomic E-state index is 12.1. The number of hydrogen-bond donors (Lipinski definition) is 2. The molecule has 3 aromatic rings. The summed E-state index contributed by atoms with van der Waals surface area (Å²) in [5, 5.41) is 7.09. The topological polar surface area (TPSA) is 91.9 Å². The fourth-order valence-corrected chi connectivity index (χ4v) is 5.32. The Labute approximate surface area is 227 Å². The van der Waals surface area contributed by atoms with Crippen molar-refractivity contribution in [1.82, 2.24) is 14.9 Å². The number of anilines is 4. The van der Waals surface area contributed by atoms with Gasteiger partial charge in [-0.2, -0.15) is 0 Å². The van der Waals surface area contributed by atoms with E-state index in [4.69, 9.17) is 14.5 Å². The molecule has 0 unspecified atom stereocenters. The van der Waals surface area contributed by atoms with Crippen LogP contribution in [0.3, 0.4) is 0 Å². The van der Waals surface area contributed by atoms with E-state index in [0.717, 1.165) is 66.3 Å². The zero-order valence-corrected chi connectivity index (χ0v) is 22.1. The van der Waals surface area contributed by atoms with E-state index in [1.54, 1.807) is 18.0 Å². The van der Waals surface area contributed by atoms with Gasteiger partial charge in [-0.1, -0.05) is 24.4 Å². The molecule has 1 amide bonds. The van der Waals surface area contributed by atoms with E-state index < -0.39 is 0 Å². The second-order valence-electron chi connectivity index (χ2n) is 8.96. The number of amides is 1. The predicted octanol–water partition coefficient (Wildman–Crippen LogP) is 4.16. The molecule has 3 heterocycles. The Morgan fingerprint density at radius 2 is 1.74 bits per heavy atom. The molecule has 0 radical (unpaired) electrons. The van der Waals surface area contributed by atoms with Gasteiger partial charge in [0.15, 0.2) is 0 Å². The van der Waals surface area contributed by atoms with Gasteiger partial charge in [-0.15, -0.1) is 0 Å². The molecule has 5 rings (SSSR count). The quantitative estimate of drug-likeness (QED) is 0.311. The summed E-state index contributed by atoms with van der Waals surface area (Å²) in [6.07, 6.45) is 3.04. The first-order chi connectivity index (χ1) is 18.7. The molecule has 2 aliphatic heterocycles. The highest BCUT2D eigenvalue weighted by Crippen LogP contribution is 2.34. The number of aromatic nitrogens is 2. The number of nitrogens with zero attached hydrogens (tertiary/aromatic N) is 4. The lowest BCUT2D eigenvalue weighted by Gasteiger charge is -2.28. The van der Waals surface area contributed by atoms with Gasteiger partial charge in [-0.25, -0.2) is 9.97 Å². The first-order valence-electron chi connectivity index (χ1n) is 12.7. The van der Waals surface area contributed by atoms with Crippen molar-refractivity contribution in [1.29, 1.82) is 0 Å². The highest BCUT2D eigenvalue weighted by molar-refractivity contribution is 7.99. The van der Waals surface area contributed by atoms with E-state index >= 15 is 0 Å². The number of morpholine rings is 2. The Morgan fingerprint density at radius 3 is 2.47 bits per heavy atom. The van der Waals surface area contributed by atoms with Gasteiger partial charge >= 0.3 is 0 Å². The normalized spacial score (nSPS) is 16.2. The fourth-order valence-electron chi connectivity index (χ4n) is 4.39. The molecule has 0 saturated carbocycles. The molecule has 10 heteroatoms. The molecule has 38 heavy (non-hydrogen) atoms. The molecular weight excluding hydrogens is 500 g/mol. The first kappa shape index (κ1) is 26.2. The zero-order chi connectivity index (χ0) is 26.2. The minimum absolute atomic E-state index is 0.233. The molecule has 2 saturated heterocycles. The van der Waals surface area contributed by atoms with Crippen LogP contribution < -0.4 is 15.5 Å². The standard InChI is InChI=1S/C28H32N6O3S/c1-2-26(35)31-24-4-3-5-25(23(24)20-33-12-16-36-17-13-33)38-27-10-11-29-28(32-27)30-21-6-8-22(9-7-21)34-14-18-37-19-15-34/h2-11H,1,12-20H2,(H,31,35)(H,29,30,32). The third kappa shape index (κ3) is 6.90. The SMILES string of the molecule is C=CC(=O)Nc1cccc(Sc2ccnc(Nc3ccc(N4CCOCC4)cc3)n2)c1CN1CCOCC1. The van der Waals surface area contributed by atoms with Crippen molar-refractivity contribution in [3.05, 3.63) is 72.9 Å². The van der Waals surface area contributed by atoms with Crippen LogP contribution in [0.1, 0.15) is 5.56 Å². The van der Waals surface area contributed by atoms with Crippen LogP contribution in [-0.2, 0) is 20.8 Å². The lowest BCUT2D eigenvalue weighted by molar-refractivity contribution is -0.111. The van der Waals surface area contributed by atoms with E-state index in [0.29, 0.717) is 25.7 Å². The van der Waals surface area contributed by atoms with Crippen LogP contribution in [0.2, 0.25) is 0 Å². The van der Waals surface area contributed by atoms with Crippen LogP contribution in [0, 0.1) is 0 Å². The van der Waals surface area contributed by atoms with Gasteiger partial charge in [0.05, 0.1) is 26.4 Å². The van der Waals surface area contributed by atoms with Gasteiger partial charge in [0.2, 0.25) is 11.9 Å². The Hall–Kier alpha value is -3.44. The maximum absolute atomic E-state index is 12.1. The van der Waals surface area contributed by atoms with Gasteiger partial charge < -0.3 is 25.0 Å². The predicted molar refractivity (Wildman–Crippen MR) is 150 cm³/mol. The largest absolute Gasteiger partial charge is 0.379 e. The van der Waals surface area contributed by atoms with Crippen molar-refractivity contribution in [2.75, 3.05) is 68.1 Å². The van der Waals surface area contributed by atoms with Gasteiger partial charge in [-0.05, 0) is 48.5 Å². The third-order valence-corrected chi connectivity index (χ3v) is 7.44. The molecule has 2 fully saturated rings. The second kappa shape index (κ2) is 12.9. The summed E-state index contributed by atoms with van der Waals surface area (Å²) in [5.41, 5.74) is 3.92. The molecule has 1 aromatic heterocycles. The van der Waals surface area contributed by atoms with Crippen molar-refractivity contribution >= 4 is 40.7 Å². The molecule has 9 nitrogen and oxygen atoms in total. The number of hydrogen-bond acceptors (Lipinski definition) is 9. The summed E-state index contributed by atoms with van der Waals surface area (Å²) >= 11 is 1.55. The fraction of sp³-hybridized carbons (Fsp3) is 0.321. The van der Waals surface area contributed by atoms with E-state index in [1.807, 2.05) is 30.3 Å². The van der Waals surface area contributed by atoms with Gasteiger partial charge in [0.1, 0.15) is 5.03 Å². The average molecular weight is 533 g/mol. The summed E-state index contributed by atoms with van der Waals surface area (Å²) < 4.78 is 11.0. The number of carbonyl (C=O) groups is 1. The van der Waals surface area contributed by atoms with Crippen LogP contribution in [0.25, 0.3) is 0 Å². The van der Waals surface area contributed by atoms with E-state index in [2.05, 4.69) is 50.2 Å². The Kier molecular flexibility index (Phi) is 8.87. The molecule has 2 aliphatic rings. The summed E-state index contributed by atoms with van der Waals surface area (Å²) in [7, 11) is 0. The summed E-state index contributed by atoms with van der Waals surface area (Å²) in [4.78, 5) is 27.0. The van der Waals surface area contributed by atoms with Crippen molar-refractivity contribution in [3.63, 3.8) is 0 Å². The number of nitrogens with one attached hydrogen (secondary N) is 2. The van der Waals surface area contributed by atoms with Crippen molar-refractivity contribution in [2.45, 2.75) is 16.5 Å². The van der Waals surface area contributed by atoms with Crippen molar-refractivity contribution < 1.29 is 14.3 Å². The highest BCUT2D eigenvalue weighted by atomic mass is 32.2. The van der Waals surface area contributed by atoms with E-state index in [1.165, 1.54) is 11.8 Å². The second-order valence-corrected chi connectivity index (χ2v) is 10.0. The van der Waals surface area contributed by atoms with Crippen LogP contribution in [0.4, 0.5) is 23.0 Å². The minimum atomic E-state index is -0.233. The Bertz CT molecular complexity index is 1240. The number of ether oxygens (including phenoxy) is 2. The number of rotatable bonds is 9. The Balaban J connectivity index is 1.32. The minimum Gasteiger partial charge on any atom is -0.379 e. The van der Waals surface area contributed by atoms with Gasteiger partial charge in [0, 0.05) is 66.4 Å². The van der Waals surface area contributed by atoms with E-state index in [9.17, 15) is 4.79 Å². The molecule has 0 bridgehead atoms. The van der Waals surface area contributed by atoms with Crippen LogP contribution in [0.5, 0.6) is 0 Å². The molecular formula is C28H32N6O3S. The Morgan fingerprint density at radius 1 is 1.00 bits per heavy atom. The lowest BCUT2D eigenvalue weighted by atomic mass is 10.1. The molecule has 0 atom stereocenters. The number of benzene rings is 2. The first-order valence-corrected chi connectivity index (χ1v) is 13.6. The smallest absolute Gasteiger partial charge is 0.247 e. The van der Waals surface area contributed by atoms with Gasteiger partial charge in [0.25, 0.3) is 0 Å². The van der Waals surface area contributed by atoms with E-state index in [-0.39, 0.29) is 5.91 Å². The summed E-state index contributed by atoms with van der Waals surface area (Å²) in [6, 6.07) is 16.1. The maximum Gasteiger partial charge on any atom is 0.247 e. The molecule has 0 aliphatic carbocycles.